The summed E-state index contributed by atoms with van der Waals surface area (Å²) < 4.78 is 27.0. The van der Waals surface area contributed by atoms with E-state index in [4.69, 9.17) is 0 Å². The number of piperidine rings is 1. The molecular formula is C11H20N4O2S. The lowest BCUT2D eigenvalue weighted by Crippen LogP contribution is -2.47. The van der Waals surface area contributed by atoms with Crippen molar-refractivity contribution in [3.63, 3.8) is 0 Å². The highest BCUT2D eigenvalue weighted by atomic mass is 32.2. The highest BCUT2D eigenvalue weighted by Crippen LogP contribution is 2.17. The summed E-state index contributed by atoms with van der Waals surface area (Å²) in [6.07, 6.45) is 3.03. The van der Waals surface area contributed by atoms with Crippen molar-refractivity contribution in [2.75, 3.05) is 13.6 Å². The van der Waals surface area contributed by atoms with Gasteiger partial charge in [0.1, 0.15) is 5.82 Å². The predicted octanol–water partition coefficient (Wildman–Crippen LogP) is 0.479. The molecule has 1 aliphatic rings. The highest BCUT2D eigenvalue weighted by molar-refractivity contribution is 7.89. The van der Waals surface area contributed by atoms with Gasteiger partial charge in [0.25, 0.3) is 10.0 Å². The van der Waals surface area contributed by atoms with Crippen molar-refractivity contribution >= 4 is 10.0 Å². The van der Waals surface area contributed by atoms with Crippen LogP contribution in [0.1, 0.15) is 25.6 Å². The van der Waals surface area contributed by atoms with Gasteiger partial charge in [-0.2, -0.15) is 0 Å². The quantitative estimate of drug-likeness (QED) is 0.839. The van der Waals surface area contributed by atoms with Crippen molar-refractivity contribution in [3.05, 3.63) is 12.0 Å². The Balaban J connectivity index is 2.05. The summed E-state index contributed by atoms with van der Waals surface area (Å²) in [4.78, 5) is 8.92. The largest absolute Gasteiger partial charge is 0.332 e. The molecule has 0 saturated carbocycles. The first-order valence-corrected chi connectivity index (χ1v) is 7.61. The molecule has 1 fully saturated rings. The van der Waals surface area contributed by atoms with Crippen LogP contribution < -0.4 is 4.72 Å². The zero-order valence-corrected chi connectivity index (χ0v) is 11.8. The van der Waals surface area contributed by atoms with Crippen LogP contribution in [-0.4, -0.2) is 49.0 Å². The molecule has 18 heavy (non-hydrogen) atoms. The summed E-state index contributed by atoms with van der Waals surface area (Å²) in [7, 11) is -1.40. The molecule has 1 aromatic rings. The Morgan fingerprint density at radius 1 is 1.56 bits per heavy atom. The van der Waals surface area contributed by atoms with Crippen LogP contribution in [0.5, 0.6) is 0 Å². The lowest BCUT2D eigenvalue weighted by Gasteiger charge is -2.35. The van der Waals surface area contributed by atoms with Crippen LogP contribution in [0, 0.1) is 6.92 Å². The van der Waals surface area contributed by atoms with Gasteiger partial charge in [0.2, 0.25) is 0 Å². The number of H-pyrrole nitrogens is 1. The first-order valence-electron chi connectivity index (χ1n) is 6.12. The number of aryl methyl sites for hydroxylation is 1. The molecule has 0 bridgehead atoms. The smallest absolute Gasteiger partial charge is 0.257 e. The molecule has 0 spiro atoms. The SMILES string of the molecule is Cc1ncc(S(=O)(=O)NC2CCN(C)C(C)C2)[nH]1. The molecule has 7 heteroatoms. The number of rotatable bonds is 3. The average molecular weight is 272 g/mol. The van der Waals surface area contributed by atoms with Gasteiger partial charge in [0, 0.05) is 12.1 Å². The molecule has 0 amide bonds. The molecule has 2 atom stereocenters. The molecule has 0 radical (unpaired) electrons. The maximum Gasteiger partial charge on any atom is 0.257 e. The molecule has 2 unspecified atom stereocenters. The van der Waals surface area contributed by atoms with Crippen LogP contribution in [0.4, 0.5) is 0 Å². The van der Waals surface area contributed by atoms with E-state index in [1.807, 2.05) is 0 Å². The number of sulfonamides is 1. The average Bonchev–Trinajstić information content (AvgIpc) is 2.71. The van der Waals surface area contributed by atoms with Crippen molar-refractivity contribution in [3.8, 4) is 0 Å². The first kappa shape index (κ1) is 13.5. The highest BCUT2D eigenvalue weighted by Gasteiger charge is 2.27. The first-order chi connectivity index (χ1) is 8.38. The lowest BCUT2D eigenvalue weighted by molar-refractivity contribution is 0.178. The molecule has 1 aromatic heterocycles. The molecule has 0 aliphatic carbocycles. The van der Waals surface area contributed by atoms with E-state index in [9.17, 15) is 8.42 Å². The fraction of sp³-hybridized carbons (Fsp3) is 0.727. The van der Waals surface area contributed by atoms with E-state index >= 15 is 0 Å². The summed E-state index contributed by atoms with van der Waals surface area (Å²) in [5.74, 6) is 0.604. The van der Waals surface area contributed by atoms with E-state index in [0.29, 0.717) is 11.9 Å². The minimum atomic E-state index is -3.47. The number of aromatic amines is 1. The number of likely N-dealkylation sites (tertiary alicyclic amines) is 1. The standard InChI is InChI=1S/C11H20N4O2S/c1-8-6-10(4-5-15(8)3)14-18(16,17)11-7-12-9(2)13-11/h7-8,10,14H,4-6H2,1-3H3,(H,12,13). The van der Waals surface area contributed by atoms with Crippen LogP contribution in [0.15, 0.2) is 11.2 Å². The third-order valence-electron chi connectivity index (χ3n) is 3.50. The van der Waals surface area contributed by atoms with Gasteiger partial charge in [0.15, 0.2) is 5.03 Å². The second kappa shape index (κ2) is 4.99. The molecule has 2 rings (SSSR count). The summed E-state index contributed by atoms with van der Waals surface area (Å²) >= 11 is 0. The van der Waals surface area contributed by atoms with Crippen molar-refractivity contribution in [1.29, 1.82) is 0 Å². The van der Waals surface area contributed by atoms with Crippen molar-refractivity contribution in [2.45, 2.75) is 43.8 Å². The molecule has 102 valence electrons. The van der Waals surface area contributed by atoms with Crippen molar-refractivity contribution < 1.29 is 8.42 Å². The monoisotopic (exact) mass is 272 g/mol. The van der Waals surface area contributed by atoms with Gasteiger partial charge < -0.3 is 9.88 Å². The zero-order chi connectivity index (χ0) is 13.3. The van der Waals surface area contributed by atoms with Crippen LogP contribution >= 0.6 is 0 Å². The Labute approximate surface area is 108 Å². The van der Waals surface area contributed by atoms with Gasteiger partial charge in [-0.15, -0.1) is 0 Å². The van der Waals surface area contributed by atoms with Gasteiger partial charge in [-0.05, 0) is 40.3 Å². The van der Waals surface area contributed by atoms with Crippen LogP contribution in [0.3, 0.4) is 0 Å². The third-order valence-corrected chi connectivity index (χ3v) is 4.93. The number of imidazole rings is 1. The maximum atomic E-state index is 12.1. The topological polar surface area (TPSA) is 78.1 Å². The summed E-state index contributed by atoms with van der Waals surface area (Å²) in [6, 6.07) is 0.403. The van der Waals surface area contributed by atoms with E-state index in [1.165, 1.54) is 6.20 Å². The zero-order valence-electron chi connectivity index (χ0n) is 11.0. The molecule has 6 nitrogen and oxygen atoms in total. The van der Waals surface area contributed by atoms with Gasteiger partial charge in [-0.1, -0.05) is 0 Å². The Kier molecular flexibility index (Phi) is 3.74. The molecule has 1 saturated heterocycles. The third kappa shape index (κ3) is 2.90. The number of hydrogen-bond donors (Lipinski definition) is 2. The van der Waals surface area contributed by atoms with Crippen LogP contribution in [0.25, 0.3) is 0 Å². The van der Waals surface area contributed by atoms with Gasteiger partial charge in [-0.3, -0.25) is 0 Å². The van der Waals surface area contributed by atoms with E-state index in [-0.39, 0.29) is 11.1 Å². The molecule has 1 aliphatic heterocycles. The van der Waals surface area contributed by atoms with Crippen molar-refractivity contribution in [1.82, 2.24) is 19.6 Å². The van der Waals surface area contributed by atoms with E-state index in [1.54, 1.807) is 6.92 Å². The Morgan fingerprint density at radius 3 is 2.83 bits per heavy atom. The Morgan fingerprint density at radius 2 is 2.28 bits per heavy atom. The normalized spacial score (nSPS) is 26.4. The van der Waals surface area contributed by atoms with E-state index in [2.05, 4.69) is 33.6 Å². The number of hydrogen-bond acceptors (Lipinski definition) is 4. The molecule has 0 aromatic carbocycles. The predicted molar refractivity (Wildman–Crippen MR) is 68.8 cm³/mol. The van der Waals surface area contributed by atoms with Crippen molar-refractivity contribution in [2.24, 2.45) is 0 Å². The minimum absolute atomic E-state index is 0.00445. The number of nitrogens with zero attached hydrogens (tertiary/aromatic N) is 2. The van der Waals surface area contributed by atoms with Gasteiger partial charge in [-0.25, -0.2) is 18.1 Å². The molecule has 2 N–H and O–H groups in total. The summed E-state index contributed by atoms with van der Waals surface area (Å²) in [5, 5.41) is 0.145. The van der Waals surface area contributed by atoms with Crippen LogP contribution in [0.2, 0.25) is 0 Å². The number of nitrogens with one attached hydrogen (secondary N) is 2. The Bertz CT molecular complexity index is 511. The maximum absolute atomic E-state index is 12.1. The van der Waals surface area contributed by atoms with Gasteiger partial charge in [0.05, 0.1) is 6.20 Å². The molecule has 2 heterocycles. The molecular weight excluding hydrogens is 252 g/mol. The second-order valence-corrected chi connectivity index (χ2v) is 6.69. The fourth-order valence-corrected chi connectivity index (χ4v) is 3.47. The van der Waals surface area contributed by atoms with E-state index < -0.39 is 10.0 Å². The fourth-order valence-electron chi connectivity index (χ4n) is 2.21. The Hall–Kier alpha value is -0.920. The van der Waals surface area contributed by atoms with Crippen LogP contribution in [-0.2, 0) is 10.0 Å². The minimum Gasteiger partial charge on any atom is -0.332 e. The summed E-state index contributed by atoms with van der Waals surface area (Å²) in [5.41, 5.74) is 0. The number of aromatic nitrogens is 2. The lowest BCUT2D eigenvalue weighted by atomic mass is 10.0. The summed E-state index contributed by atoms with van der Waals surface area (Å²) in [6.45, 7) is 4.76. The van der Waals surface area contributed by atoms with E-state index in [0.717, 1.165) is 19.4 Å². The van der Waals surface area contributed by atoms with Gasteiger partial charge >= 0.3 is 0 Å². The second-order valence-electron chi connectivity index (χ2n) is 5.01.